The average Bonchev–Trinajstić information content (AvgIpc) is 2.55. The summed E-state index contributed by atoms with van der Waals surface area (Å²) in [5.74, 6) is 0.973. The second kappa shape index (κ2) is 23.0. The fraction of sp³-hybridized carbons (Fsp3) is 0.909. The van der Waals surface area contributed by atoms with E-state index in [-0.39, 0.29) is 0 Å². The van der Waals surface area contributed by atoms with E-state index in [0.717, 1.165) is 5.92 Å². The zero-order valence-electron chi connectivity index (χ0n) is 16.3. The van der Waals surface area contributed by atoms with Crippen LogP contribution in [0.15, 0.2) is 13.2 Å². The smallest absolute Gasteiger partial charge is 0.0443 e. The molecule has 0 fully saturated rings. The van der Waals surface area contributed by atoms with E-state index in [1.54, 1.807) is 0 Å². The molecule has 0 radical (unpaired) electrons. The molecule has 22 heavy (non-hydrogen) atoms. The minimum Gasteiger partial charge on any atom is -0.106 e. The third kappa shape index (κ3) is 22.0. The van der Waals surface area contributed by atoms with Crippen LogP contribution in [0.25, 0.3) is 0 Å². The standard InChI is InChI=1S/C20H42.C2H4/c1-4-6-8-10-12-13-15-17-19-20(3)18-16-14-11-9-7-5-2;1-2/h20H,4-19H2,1-3H3;1-2H2. The molecule has 0 aliphatic rings. The maximum Gasteiger partial charge on any atom is -0.0443 e. The molecule has 0 spiro atoms. The summed E-state index contributed by atoms with van der Waals surface area (Å²) in [7, 11) is 0. The van der Waals surface area contributed by atoms with Crippen LogP contribution < -0.4 is 0 Å². The first-order valence-corrected chi connectivity index (χ1v) is 10.3. The summed E-state index contributed by atoms with van der Waals surface area (Å²) in [5.41, 5.74) is 0. The van der Waals surface area contributed by atoms with E-state index in [4.69, 9.17) is 0 Å². The predicted molar refractivity (Wildman–Crippen MR) is 106 cm³/mol. The number of unbranched alkanes of at least 4 members (excludes halogenated alkanes) is 12. The molecule has 0 bridgehead atoms. The van der Waals surface area contributed by atoms with Gasteiger partial charge in [0.15, 0.2) is 0 Å². The molecule has 0 nitrogen and oxygen atoms in total. The van der Waals surface area contributed by atoms with Crippen LogP contribution in [0.5, 0.6) is 0 Å². The molecule has 0 aromatic rings. The van der Waals surface area contributed by atoms with Gasteiger partial charge in [0, 0.05) is 0 Å². The van der Waals surface area contributed by atoms with Crippen LogP contribution in [0.4, 0.5) is 0 Å². The van der Waals surface area contributed by atoms with E-state index in [9.17, 15) is 0 Å². The van der Waals surface area contributed by atoms with Crippen molar-refractivity contribution >= 4 is 0 Å². The highest BCUT2D eigenvalue weighted by Gasteiger charge is 2.02. The number of hydrogen-bond acceptors (Lipinski definition) is 0. The Morgan fingerprint density at radius 1 is 0.500 bits per heavy atom. The van der Waals surface area contributed by atoms with Gasteiger partial charge in [0.1, 0.15) is 0 Å². The van der Waals surface area contributed by atoms with Crippen molar-refractivity contribution in [3.63, 3.8) is 0 Å². The summed E-state index contributed by atoms with van der Waals surface area (Å²) in [6.45, 7) is 13.1. The third-order valence-electron chi connectivity index (χ3n) is 4.60. The highest BCUT2D eigenvalue weighted by Crippen LogP contribution is 2.18. The van der Waals surface area contributed by atoms with E-state index in [1.807, 2.05) is 0 Å². The Hall–Kier alpha value is -0.260. The zero-order chi connectivity index (χ0) is 16.9. The van der Waals surface area contributed by atoms with E-state index >= 15 is 0 Å². The minimum atomic E-state index is 0.973. The Bertz CT molecular complexity index is 173. The number of rotatable bonds is 16. The molecule has 0 amide bonds. The normalized spacial score (nSPS) is 11.8. The molecule has 0 saturated heterocycles. The molecule has 0 saturated carbocycles. The summed E-state index contributed by atoms with van der Waals surface area (Å²) >= 11 is 0. The third-order valence-corrected chi connectivity index (χ3v) is 4.60. The van der Waals surface area contributed by atoms with Gasteiger partial charge in [-0.25, -0.2) is 0 Å². The molecule has 1 unspecified atom stereocenters. The molecule has 0 aromatic carbocycles. The van der Waals surface area contributed by atoms with Crippen molar-refractivity contribution in [3.05, 3.63) is 13.2 Å². The van der Waals surface area contributed by atoms with Gasteiger partial charge in [0.25, 0.3) is 0 Å². The van der Waals surface area contributed by atoms with Crippen molar-refractivity contribution in [3.8, 4) is 0 Å². The van der Waals surface area contributed by atoms with Crippen molar-refractivity contribution in [1.29, 1.82) is 0 Å². The van der Waals surface area contributed by atoms with Crippen LogP contribution >= 0.6 is 0 Å². The summed E-state index contributed by atoms with van der Waals surface area (Å²) in [6, 6.07) is 0. The molecule has 0 aliphatic heterocycles. The Balaban J connectivity index is 0. The molecular formula is C22H46. The van der Waals surface area contributed by atoms with Gasteiger partial charge >= 0.3 is 0 Å². The maximum absolute atomic E-state index is 3.00. The lowest BCUT2D eigenvalue weighted by molar-refractivity contribution is 0.431. The van der Waals surface area contributed by atoms with Crippen LogP contribution in [0.3, 0.4) is 0 Å². The van der Waals surface area contributed by atoms with Crippen molar-refractivity contribution in [1.82, 2.24) is 0 Å². The zero-order valence-corrected chi connectivity index (χ0v) is 16.3. The van der Waals surface area contributed by atoms with Crippen LogP contribution in [-0.2, 0) is 0 Å². The summed E-state index contributed by atoms with van der Waals surface area (Å²) in [6.07, 6.45) is 23.3. The van der Waals surface area contributed by atoms with Gasteiger partial charge in [0.2, 0.25) is 0 Å². The van der Waals surface area contributed by atoms with Crippen LogP contribution in [0.2, 0.25) is 0 Å². The van der Waals surface area contributed by atoms with Gasteiger partial charge in [-0.1, -0.05) is 124 Å². The summed E-state index contributed by atoms with van der Waals surface area (Å²) in [4.78, 5) is 0. The fourth-order valence-electron chi connectivity index (χ4n) is 3.04. The van der Waals surface area contributed by atoms with Gasteiger partial charge in [-0.2, -0.15) is 0 Å². The number of hydrogen-bond donors (Lipinski definition) is 0. The molecule has 0 aliphatic carbocycles. The average molecular weight is 311 g/mol. The quantitative estimate of drug-likeness (QED) is 0.197. The Morgan fingerprint density at radius 3 is 1.09 bits per heavy atom. The summed E-state index contributed by atoms with van der Waals surface area (Å²) in [5, 5.41) is 0. The molecule has 134 valence electrons. The van der Waals surface area contributed by atoms with Crippen LogP contribution in [0.1, 0.15) is 124 Å². The Morgan fingerprint density at radius 2 is 0.773 bits per heavy atom. The molecular weight excluding hydrogens is 264 g/mol. The van der Waals surface area contributed by atoms with Crippen molar-refractivity contribution in [2.75, 3.05) is 0 Å². The Labute approximate surface area is 143 Å². The molecule has 0 N–H and O–H groups in total. The van der Waals surface area contributed by atoms with Gasteiger partial charge in [0.05, 0.1) is 0 Å². The largest absolute Gasteiger partial charge is 0.106 e. The SMILES string of the molecule is C=C.CCCCCCCCCCC(C)CCCCCCCC. The van der Waals surface area contributed by atoms with Gasteiger partial charge < -0.3 is 0 Å². The van der Waals surface area contributed by atoms with E-state index in [1.165, 1.54) is 103 Å². The lowest BCUT2D eigenvalue weighted by Gasteiger charge is -2.11. The second-order valence-electron chi connectivity index (χ2n) is 6.93. The van der Waals surface area contributed by atoms with E-state index in [0.29, 0.717) is 0 Å². The van der Waals surface area contributed by atoms with E-state index in [2.05, 4.69) is 33.9 Å². The molecule has 1 atom stereocenters. The van der Waals surface area contributed by atoms with Gasteiger partial charge in [-0.05, 0) is 5.92 Å². The predicted octanol–water partition coefficient (Wildman–Crippen LogP) is 8.71. The van der Waals surface area contributed by atoms with Gasteiger partial charge in [-0.15, -0.1) is 13.2 Å². The summed E-state index contributed by atoms with van der Waals surface area (Å²) < 4.78 is 0. The molecule has 0 aromatic heterocycles. The van der Waals surface area contributed by atoms with Crippen LogP contribution in [-0.4, -0.2) is 0 Å². The molecule has 0 heterocycles. The first-order valence-electron chi connectivity index (χ1n) is 10.3. The van der Waals surface area contributed by atoms with Gasteiger partial charge in [-0.3, -0.25) is 0 Å². The van der Waals surface area contributed by atoms with Crippen molar-refractivity contribution in [2.24, 2.45) is 5.92 Å². The Kier molecular flexibility index (Phi) is 25.1. The van der Waals surface area contributed by atoms with Crippen LogP contribution in [0, 0.1) is 5.92 Å². The van der Waals surface area contributed by atoms with Crippen molar-refractivity contribution < 1.29 is 0 Å². The molecule has 0 rings (SSSR count). The highest BCUT2D eigenvalue weighted by atomic mass is 14.1. The first kappa shape index (κ1) is 24.0. The monoisotopic (exact) mass is 310 g/mol. The highest BCUT2D eigenvalue weighted by molar-refractivity contribution is 4.55. The first-order chi connectivity index (χ1) is 10.8. The second-order valence-corrected chi connectivity index (χ2v) is 6.93. The minimum absolute atomic E-state index is 0.973. The van der Waals surface area contributed by atoms with E-state index < -0.39 is 0 Å². The maximum atomic E-state index is 3.00. The topological polar surface area (TPSA) is 0 Å². The van der Waals surface area contributed by atoms with Crippen molar-refractivity contribution in [2.45, 2.75) is 124 Å². The fourth-order valence-corrected chi connectivity index (χ4v) is 3.04. The lowest BCUT2D eigenvalue weighted by Crippen LogP contribution is -1.95. The lowest BCUT2D eigenvalue weighted by atomic mass is 9.96. The molecule has 0 heteroatoms.